The quantitative estimate of drug-likeness (QED) is 0.864. The molecule has 2 nitrogen and oxygen atoms in total. The van der Waals surface area contributed by atoms with Crippen molar-refractivity contribution in [3.8, 4) is 10.6 Å². The van der Waals surface area contributed by atoms with Gasteiger partial charge in [0.1, 0.15) is 10.7 Å². The minimum Gasteiger partial charge on any atom is -0.389 e. The van der Waals surface area contributed by atoms with Gasteiger partial charge >= 0.3 is 0 Å². The molecule has 0 spiro atoms. The van der Waals surface area contributed by atoms with Crippen LogP contribution in [0.4, 0.5) is 5.00 Å². The molecule has 0 unspecified atom stereocenters. The summed E-state index contributed by atoms with van der Waals surface area (Å²) in [6, 6.07) is 2.04. The smallest absolute Gasteiger partial charge is 0.115 e. The van der Waals surface area contributed by atoms with E-state index in [1.54, 1.807) is 11.3 Å². The topological polar surface area (TPSA) is 38.9 Å². The molecule has 0 bridgehead atoms. The molecule has 0 aliphatic heterocycles. The zero-order chi connectivity index (χ0) is 9.42. The van der Waals surface area contributed by atoms with Crippen LogP contribution in [0.5, 0.6) is 0 Å². The lowest BCUT2D eigenvalue weighted by molar-refractivity contribution is 1.31. The number of halogens is 1. The molecule has 2 N–H and O–H groups in total. The average molecular weight is 275 g/mol. The molecule has 2 aromatic heterocycles. The van der Waals surface area contributed by atoms with Crippen molar-refractivity contribution in [1.82, 2.24) is 4.98 Å². The summed E-state index contributed by atoms with van der Waals surface area (Å²) in [5.41, 5.74) is 6.75. The second kappa shape index (κ2) is 3.40. The maximum Gasteiger partial charge on any atom is 0.115 e. The summed E-state index contributed by atoms with van der Waals surface area (Å²) < 4.78 is 1.08. The van der Waals surface area contributed by atoms with E-state index in [0.717, 1.165) is 25.1 Å². The molecule has 2 rings (SSSR count). The molecule has 0 radical (unpaired) electrons. The molecule has 0 aliphatic carbocycles. The van der Waals surface area contributed by atoms with E-state index in [9.17, 15) is 0 Å². The van der Waals surface area contributed by atoms with Gasteiger partial charge in [0, 0.05) is 9.85 Å². The summed E-state index contributed by atoms with van der Waals surface area (Å²) in [6.45, 7) is 1.97. The summed E-state index contributed by atoms with van der Waals surface area (Å²) in [7, 11) is 0. The van der Waals surface area contributed by atoms with Crippen LogP contribution in [0.2, 0.25) is 0 Å². The van der Waals surface area contributed by atoms with E-state index in [4.69, 9.17) is 5.73 Å². The number of thiophene rings is 1. The van der Waals surface area contributed by atoms with Gasteiger partial charge in [-0.15, -0.1) is 22.7 Å². The second-order valence-electron chi connectivity index (χ2n) is 2.57. The molecule has 68 valence electrons. The van der Waals surface area contributed by atoms with E-state index in [2.05, 4.69) is 20.9 Å². The Labute approximate surface area is 92.6 Å². The Morgan fingerprint density at radius 1 is 1.54 bits per heavy atom. The van der Waals surface area contributed by atoms with Crippen molar-refractivity contribution < 1.29 is 0 Å². The third-order valence-corrected chi connectivity index (χ3v) is 4.06. The lowest BCUT2D eigenvalue weighted by Gasteiger charge is -1.90. The molecule has 0 fully saturated rings. The van der Waals surface area contributed by atoms with Gasteiger partial charge in [0.05, 0.1) is 9.88 Å². The van der Waals surface area contributed by atoms with E-state index >= 15 is 0 Å². The molecular weight excluding hydrogens is 268 g/mol. The molecule has 2 aromatic rings. The Hall–Kier alpha value is -0.390. The maximum atomic E-state index is 5.83. The van der Waals surface area contributed by atoms with Gasteiger partial charge in [0.15, 0.2) is 0 Å². The number of rotatable bonds is 1. The standard InChI is InChI=1S/C8H7BrN2S2/c1-4-11-7(8(10)13-4)6-2-5(9)3-12-6/h2-3H,10H2,1H3. The highest BCUT2D eigenvalue weighted by Crippen LogP contribution is 2.35. The number of hydrogen-bond acceptors (Lipinski definition) is 4. The zero-order valence-corrected chi connectivity index (χ0v) is 10.1. The van der Waals surface area contributed by atoms with E-state index in [-0.39, 0.29) is 0 Å². The van der Waals surface area contributed by atoms with Crippen LogP contribution >= 0.6 is 38.6 Å². The highest BCUT2D eigenvalue weighted by Gasteiger charge is 2.09. The average Bonchev–Trinajstić information content (AvgIpc) is 2.58. The van der Waals surface area contributed by atoms with Crippen LogP contribution in [-0.2, 0) is 0 Å². The summed E-state index contributed by atoms with van der Waals surface area (Å²) >= 11 is 6.58. The SMILES string of the molecule is Cc1nc(-c2cc(Br)cs2)c(N)s1. The lowest BCUT2D eigenvalue weighted by Crippen LogP contribution is -1.82. The van der Waals surface area contributed by atoms with Crippen LogP contribution in [0.1, 0.15) is 5.01 Å². The monoisotopic (exact) mass is 274 g/mol. The van der Waals surface area contributed by atoms with Gasteiger partial charge in [-0.1, -0.05) is 0 Å². The minimum absolute atomic E-state index is 0.798. The molecule has 0 atom stereocenters. The van der Waals surface area contributed by atoms with E-state index in [1.165, 1.54) is 11.3 Å². The first-order chi connectivity index (χ1) is 6.16. The minimum atomic E-state index is 0.798. The molecule has 0 saturated heterocycles. The largest absolute Gasteiger partial charge is 0.389 e. The van der Waals surface area contributed by atoms with Crippen molar-refractivity contribution in [2.45, 2.75) is 6.92 Å². The highest BCUT2D eigenvalue weighted by atomic mass is 79.9. The fraction of sp³-hybridized carbons (Fsp3) is 0.125. The van der Waals surface area contributed by atoms with Crippen LogP contribution in [0, 0.1) is 6.92 Å². The van der Waals surface area contributed by atoms with Gasteiger partial charge in [-0.3, -0.25) is 0 Å². The molecule has 5 heteroatoms. The van der Waals surface area contributed by atoms with E-state index in [1.807, 2.05) is 18.4 Å². The first-order valence-electron chi connectivity index (χ1n) is 3.64. The Balaban J connectivity index is 2.51. The van der Waals surface area contributed by atoms with Gasteiger partial charge < -0.3 is 5.73 Å². The molecule has 0 aromatic carbocycles. The van der Waals surface area contributed by atoms with Crippen LogP contribution in [-0.4, -0.2) is 4.98 Å². The third kappa shape index (κ3) is 1.77. The van der Waals surface area contributed by atoms with Crippen molar-refractivity contribution >= 4 is 43.6 Å². The number of thiazole rings is 1. The number of aromatic nitrogens is 1. The summed E-state index contributed by atoms with van der Waals surface area (Å²) in [5.74, 6) is 0. The van der Waals surface area contributed by atoms with Crippen LogP contribution in [0.3, 0.4) is 0 Å². The first kappa shape index (κ1) is 9.18. The van der Waals surface area contributed by atoms with Gasteiger partial charge in [-0.2, -0.15) is 0 Å². The lowest BCUT2D eigenvalue weighted by atomic mass is 10.4. The normalized spacial score (nSPS) is 10.6. The van der Waals surface area contributed by atoms with Crippen LogP contribution in [0.15, 0.2) is 15.9 Å². The van der Waals surface area contributed by atoms with E-state index in [0.29, 0.717) is 0 Å². The number of anilines is 1. The number of aryl methyl sites for hydroxylation is 1. The molecule has 0 amide bonds. The number of nitrogens with two attached hydrogens (primary N) is 1. The van der Waals surface area contributed by atoms with E-state index < -0.39 is 0 Å². The predicted octanol–water partition coefficient (Wildman–Crippen LogP) is 3.52. The molecule has 2 heterocycles. The fourth-order valence-corrected chi connectivity index (χ4v) is 3.26. The van der Waals surface area contributed by atoms with Crippen molar-refractivity contribution in [1.29, 1.82) is 0 Å². The Morgan fingerprint density at radius 3 is 2.77 bits per heavy atom. The van der Waals surface area contributed by atoms with Crippen molar-refractivity contribution in [2.75, 3.05) is 5.73 Å². The van der Waals surface area contributed by atoms with Crippen molar-refractivity contribution in [2.24, 2.45) is 0 Å². The molecular formula is C8H7BrN2S2. The molecule has 0 saturated carbocycles. The summed E-state index contributed by atoms with van der Waals surface area (Å²) in [6.07, 6.45) is 0. The van der Waals surface area contributed by atoms with Crippen molar-refractivity contribution in [3.05, 3.63) is 20.9 Å². The number of hydrogen-bond donors (Lipinski definition) is 1. The van der Waals surface area contributed by atoms with Crippen molar-refractivity contribution in [3.63, 3.8) is 0 Å². The van der Waals surface area contributed by atoms with Gasteiger partial charge in [-0.25, -0.2) is 4.98 Å². The third-order valence-electron chi connectivity index (χ3n) is 1.56. The summed E-state index contributed by atoms with van der Waals surface area (Å²) in [4.78, 5) is 5.50. The highest BCUT2D eigenvalue weighted by molar-refractivity contribution is 9.10. The Bertz CT molecular complexity index is 433. The molecule has 0 aliphatic rings. The number of nitrogen functional groups attached to an aromatic ring is 1. The summed E-state index contributed by atoms with van der Waals surface area (Å²) in [5, 5.41) is 3.84. The zero-order valence-electron chi connectivity index (χ0n) is 6.87. The molecule has 13 heavy (non-hydrogen) atoms. The Kier molecular flexibility index (Phi) is 2.40. The van der Waals surface area contributed by atoms with Gasteiger partial charge in [0.25, 0.3) is 0 Å². The number of nitrogens with zero attached hydrogens (tertiary/aromatic N) is 1. The second-order valence-corrected chi connectivity index (χ2v) is 5.64. The fourth-order valence-electron chi connectivity index (χ4n) is 1.06. The predicted molar refractivity (Wildman–Crippen MR) is 62.3 cm³/mol. The Morgan fingerprint density at radius 2 is 2.31 bits per heavy atom. The first-order valence-corrected chi connectivity index (χ1v) is 6.13. The van der Waals surface area contributed by atoms with Gasteiger partial charge in [0.2, 0.25) is 0 Å². The van der Waals surface area contributed by atoms with Gasteiger partial charge in [-0.05, 0) is 28.9 Å². The van der Waals surface area contributed by atoms with Crippen LogP contribution in [0.25, 0.3) is 10.6 Å². The van der Waals surface area contributed by atoms with Crippen LogP contribution < -0.4 is 5.73 Å². The maximum absolute atomic E-state index is 5.83.